The van der Waals surface area contributed by atoms with Gasteiger partial charge in [0.2, 0.25) is 12.1 Å². The first-order chi connectivity index (χ1) is 30.4. The monoisotopic (exact) mass is 982 g/mol. The third kappa shape index (κ3) is 12.7. The first kappa shape index (κ1) is 49.3. The smallest absolute Gasteiger partial charge is 0.258 e. The molecule has 5 rings (SSSR count). The molecule has 5 aromatic rings. The molecule has 20 heteroatoms. The fourth-order valence-electron chi connectivity index (χ4n) is 5.91. The van der Waals surface area contributed by atoms with Crippen molar-refractivity contribution in [3.8, 4) is 0 Å². The molecular weight excluding hydrogens is 949 g/mol. The maximum Gasteiger partial charge on any atom is 0.258 e. The van der Waals surface area contributed by atoms with Crippen molar-refractivity contribution in [2.75, 3.05) is 21.3 Å². The second-order valence-electron chi connectivity index (χ2n) is 13.8. The van der Waals surface area contributed by atoms with E-state index in [2.05, 4.69) is 41.7 Å². The predicted octanol–water partition coefficient (Wildman–Crippen LogP) is 12.6. The van der Waals surface area contributed by atoms with Crippen LogP contribution < -0.4 is 21.3 Å². The molecule has 0 radical (unpaired) electrons. The summed E-state index contributed by atoms with van der Waals surface area (Å²) < 4.78 is 0. The van der Waals surface area contributed by atoms with Gasteiger partial charge in [0.25, 0.3) is 23.6 Å². The van der Waals surface area contributed by atoms with E-state index in [-0.39, 0.29) is 64.0 Å². The van der Waals surface area contributed by atoms with Gasteiger partial charge in [-0.05, 0) is 111 Å². The van der Waals surface area contributed by atoms with Gasteiger partial charge in [-0.25, -0.2) is 0 Å². The van der Waals surface area contributed by atoms with Crippen LogP contribution in [0.3, 0.4) is 0 Å². The van der Waals surface area contributed by atoms with Crippen LogP contribution in [0.1, 0.15) is 59.5 Å². The van der Waals surface area contributed by atoms with E-state index in [0.29, 0.717) is 35.3 Å². The van der Waals surface area contributed by atoms with Crippen LogP contribution in [0.25, 0.3) is 0 Å². The summed E-state index contributed by atoms with van der Waals surface area (Å²) in [5, 5.41) is 28.0. The van der Waals surface area contributed by atoms with Crippen molar-refractivity contribution in [3.63, 3.8) is 0 Å². The molecule has 0 saturated heterocycles. The molecule has 0 saturated carbocycles. The molecule has 0 heterocycles. The Hall–Kier alpha value is -5.74. The van der Waals surface area contributed by atoms with Crippen LogP contribution in [0, 0.1) is 0 Å². The zero-order valence-electron chi connectivity index (χ0n) is 34.2. The Bertz CT molecular complexity index is 2560. The van der Waals surface area contributed by atoms with E-state index in [0.717, 1.165) is 0 Å². The first-order valence-electron chi connectivity index (χ1n) is 19.1. The number of carbonyl (C=O) groups excluding carboxylic acids is 6. The van der Waals surface area contributed by atoms with Crippen molar-refractivity contribution >= 4 is 139 Å². The van der Waals surface area contributed by atoms with Gasteiger partial charge < -0.3 is 21.3 Å². The van der Waals surface area contributed by atoms with Crippen LogP contribution in [0.5, 0.6) is 0 Å². The van der Waals surface area contributed by atoms with Gasteiger partial charge in [-0.15, -0.1) is 0 Å². The van der Waals surface area contributed by atoms with Crippen LogP contribution in [0.4, 0.5) is 34.1 Å². The molecule has 64 heavy (non-hydrogen) atoms. The molecule has 14 nitrogen and oxygen atoms in total. The average molecular weight is 986 g/mol. The summed E-state index contributed by atoms with van der Waals surface area (Å²) in [4.78, 5) is 78.7. The van der Waals surface area contributed by atoms with Gasteiger partial charge in [0, 0.05) is 32.5 Å². The zero-order chi connectivity index (χ0) is 46.8. The zero-order valence-corrected chi connectivity index (χ0v) is 38.7. The van der Waals surface area contributed by atoms with Crippen molar-refractivity contribution in [2.45, 2.75) is 52.6 Å². The maximum atomic E-state index is 13.6. The van der Waals surface area contributed by atoms with E-state index in [1.165, 1.54) is 50.2 Å². The third-order valence-electron chi connectivity index (χ3n) is 9.14. The lowest BCUT2D eigenvalue weighted by atomic mass is 10.0. The van der Waals surface area contributed by atoms with E-state index in [1.54, 1.807) is 48.5 Å². The summed E-state index contributed by atoms with van der Waals surface area (Å²) in [6, 6.07) is 17.9. The Morgan fingerprint density at radius 3 is 1.22 bits per heavy atom. The Morgan fingerprint density at radius 2 is 0.875 bits per heavy atom. The molecule has 0 aliphatic heterocycles. The summed E-state index contributed by atoms with van der Waals surface area (Å²) >= 11 is 37.1. The topological polar surface area (TPSA) is 200 Å². The first-order valence-corrected chi connectivity index (χ1v) is 21.4. The maximum absolute atomic E-state index is 13.6. The number of aryl methyl sites for hydroxylation is 2. The van der Waals surface area contributed by atoms with Gasteiger partial charge in [0.1, 0.15) is 0 Å². The highest BCUT2D eigenvalue weighted by Crippen LogP contribution is 2.33. The highest BCUT2D eigenvalue weighted by molar-refractivity contribution is 6.44. The van der Waals surface area contributed by atoms with Crippen molar-refractivity contribution in [1.29, 1.82) is 0 Å². The highest BCUT2D eigenvalue weighted by atomic mass is 35.5. The Balaban J connectivity index is 1.31. The van der Waals surface area contributed by atoms with E-state index in [9.17, 15) is 28.8 Å². The van der Waals surface area contributed by atoms with Gasteiger partial charge in [-0.2, -0.15) is 20.5 Å². The molecule has 5 aromatic carbocycles. The molecule has 4 amide bonds. The number of Topliss-reactive ketones (excluding diaryl/α,β-unsaturated/α-hetero) is 2. The molecule has 0 aliphatic carbocycles. The molecule has 330 valence electrons. The fourth-order valence-corrected chi connectivity index (χ4v) is 7.06. The van der Waals surface area contributed by atoms with Gasteiger partial charge >= 0.3 is 0 Å². The van der Waals surface area contributed by atoms with Gasteiger partial charge in [-0.1, -0.05) is 95.6 Å². The van der Waals surface area contributed by atoms with Gasteiger partial charge in [-0.3, -0.25) is 28.8 Å². The second kappa shape index (κ2) is 22.2. The predicted molar refractivity (Wildman–Crippen MR) is 252 cm³/mol. The molecule has 0 fully saturated rings. The van der Waals surface area contributed by atoms with Crippen molar-refractivity contribution < 1.29 is 28.8 Å². The molecule has 0 aromatic heterocycles. The van der Waals surface area contributed by atoms with Crippen LogP contribution in [0.2, 0.25) is 30.1 Å². The number of nitrogens with zero attached hydrogens (tertiary/aromatic N) is 4. The molecule has 0 aliphatic rings. The van der Waals surface area contributed by atoms with Crippen LogP contribution in [-0.2, 0) is 32.0 Å². The number of nitrogens with one attached hydrogen (secondary N) is 4. The third-order valence-corrected chi connectivity index (χ3v) is 11.2. The van der Waals surface area contributed by atoms with Gasteiger partial charge in [0.15, 0.2) is 11.6 Å². The number of hydrogen-bond donors (Lipinski definition) is 4. The highest BCUT2D eigenvalue weighted by Gasteiger charge is 2.27. The van der Waals surface area contributed by atoms with Crippen LogP contribution in [0.15, 0.2) is 105 Å². The van der Waals surface area contributed by atoms with Crippen LogP contribution in [-0.4, -0.2) is 47.3 Å². The fraction of sp³-hybridized carbons (Fsp3) is 0.182. The van der Waals surface area contributed by atoms with E-state index in [1.807, 2.05) is 13.8 Å². The summed E-state index contributed by atoms with van der Waals surface area (Å²) in [5.74, 6) is -4.02. The number of hydrogen-bond acceptors (Lipinski definition) is 10. The number of anilines is 4. The lowest BCUT2D eigenvalue weighted by molar-refractivity contribution is -0.127. The Labute approximate surface area is 397 Å². The van der Waals surface area contributed by atoms with E-state index in [4.69, 9.17) is 69.6 Å². The number of benzene rings is 5. The molecule has 2 unspecified atom stereocenters. The average Bonchev–Trinajstić information content (AvgIpc) is 3.23. The second-order valence-corrected chi connectivity index (χ2v) is 16.3. The lowest BCUT2D eigenvalue weighted by Gasteiger charge is -2.18. The van der Waals surface area contributed by atoms with Gasteiger partial charge in [0.05, 0.1) is 42.8 Å². The number of halogens is 6. The number of carbonyl (C=O) groups is 6. The van der Waals surface area contributed by atoms with Crippen molar-refractivity contribution in [1.82, 2.24) is 0 Å². The van der Waals surface area contributed by atoms with E-state index < -0.39 is 47.3 Å². The number of azo groups is 2. The van der Waals surface area contributed by atoms with Crippen molar-refractivity contribution in [3.05, 3.63) is 137 Å². The number of amides is 4. The molecule has 0 spiro atoms. The largest absolute Gasteiger partial charge is 0.323 e. The minimum atomic E-state index is -1.59. The standard InChI is InChI=1S/C44H36Cl6N8O6/c1-5-23-17-36(54-44(64)40(22(4)60)58-56-30-16-26(14-28(46)20-30)42(62)52-34-12-8-10-32(48)38(34)50)24(6-2)18-35(23)53-43(63)39(21(3)59)57-55-29-15-25(13-27(45)19-29)41(61)51-33-11-7-9-31(47)37(33)49/h7-20,39-40H,5-6H2,1-4H3,(H,51,61)(H,52,62)(H,53,63)(H,54,64). The van der Waals surface area contributed by atoms with Crippen LogP contribution >= 0.6 is 69.6 Å². The lowest BCUT2D eigenvalue weighted by Crippen LogP contribution is -2.33. The molecule has 0 bridgehead atoms. The molecular formula is C44H36Cl6N8O6. The SMILES string of the molecule is CCc1cc(NC(=O)C(N=Nc2cc(Cl)cc(C(=O)Nc3cccc(Cl)c3Cl)c2)C(C)=O)c(CC)cc1NC(=O)C(N=Nc1cc(Cl)cc(C(=O)Nc2cccc(Cl)c2Cl)c1)C(C)=O. The molecule has 2 atom stereocenters. The Morgan fingerprint density at radius 1 is 0.500 bits per heavy atom. The summed E-state index contributed by atoms with van der Waals surface area (Å²) in [5.41, 5.74) is 2.68. The summed E-state index contributed by atoms with van der Waals surface area (Å²) in [6.45, 7) is 5.98. The van der Waals surface area contributed by atoms with Crippen molar-refractivity contribution in [2.24, 2.45) is 20.5 Å². The van der Waals surface area contributed by atoms with E-state index >= 15 is 0 Å². The normalized spacial score (nSPS) is 12.2. The number of rotatable bonds is 16. The molecule has 4 N–H and O–H groups in total. The minimum absolute atomic E-state index is 0.0836. The minimum Gasteiger partial charge on any atom is -0.323 e. The Kier molecular flexibility index (Phi) is 17.1. The quantitative estimate of drug-likeness (QED) is 0.0560. The summed E-state index contributed by atoms with van der Waals surface area (Å²) in [7, 11) is 0. The number of ketones is 2. The summed E-state index contributed by atoms with van der Waals surface area (Å²) in [6.07, 6.45) is 0.735.